The number of para-hydroxylation sites is 1. The Kier molecular flexibility index (Phi) is 6.74. The summed E-state index contributed by atoms with van der Waals surface area (Å²) in [6, 6.07) is 18.2. The van der Waals surface area contributed by atoms with Crippen LogP contribution in [-0.4, -0.2) is 9.13 Å². The first-order valence-electron chi connectivity index (χ1n) is 14.6. The molecule has 0 bridgehead atoms. The molecule has 0 spiro atoms. The summed E-state index contributed by atoms with van der Waals surface area (Å²) in [5, 5.41) is 1.42. The molecular formula is C36H46N2. The van der Waals surface area contributed by atoms with Crippen LogP contribution in [0.25, 0.3) is 22.3 Å². The predicted octanol–water partition coefficient (Wildman–Crippen LogP) is 10.3. The van der Waals surface area contributed by atoms with Gasteiger partial charge in [0, 0.05) is 45.2 Å². The van der Waals surface area contributed by atoms with Gasteiger partial charge >= 0.3 is 0 Å². The first-order chi connectivity index (χ1) is 18.0. The van der Waals surface area contributed by atoms with Crippen molar-refractivity contribution in [3.63, 3.8) is 0 Å². The Balaban J connectivity index is 0.000000540. The van der Waals surface area contributed by atoms with Crippen LogP contribution < -0.4 is 0 Å². The molecule has 6 rings (SSSR count). The van der Waals surface area contributed by atoms with E-state index in [-0.39, 0.29) is 10.8 Å². The molecular weight excluding hydrogens is 460 g/mol. The number of allylic oxidation sites excluding steroid dienone is 2. The highest BCUT2D eigenvalue weighted by molar-refractivity contribution is 5.89. The standard InChI is InChI=1S/C31H36N2.C5H10/c1-19-16-30(4,5)28-26(19)21(3)18-32(28)22-11-10-12-23(15-22)33-25-14-9-8-13-24(25)27-20(2)17-31(6,7)29(27)33;1-3-5-4-2/h8-15,18-20H,16-17H2,1-7H3;3,5H,4H2,1-2H3/b;5-3-. The average Bonchev–Trinajstić information content (AvgIpc) is 3.54. The zero-order chi connectivity index (χ0) is 27.4. The molecule has 2 aliphatic rings. The van der Waals surface area contributed by atoms with Gasteiger partial charge in [0.05, 0.1) is 5.52 Å². The van der Waals surface area contributed by atoms with Crippen molar-refractivity contribution >= 4 is 10.9 Å². The second-order valence-electron chi connectivity index (χ2n) is 13.0. The summed E-state index contributed by atoms with van der Waals surface area (Å²) >= 11 is 0. The molecule has 2 heteroatoms. The molecule has 2 unspecified atom stereocenters. The number of rotatable bonds is 3. The minimum absolute atomic E-state index is 0.159. The van der Waals surface area contributed by atoms with Crippen LogP contribution in [0.15, 0.2) is 66.9 Å². The summed E-state index contributed by atoms with van der Waals surface area (Å²) < 4.78 is 5.04. The summed E-state index contributed by atoms with van der Waals surface area (Å²) in [4.78, 5) is 0. The zero-order valence-electron chi connectivity index (χ0n) is 25.0. The largest absolute Gasteiger partial charge is 0.320 e. The molecule has 0 saturated carbocycles. The van der Waals surface area contributed by atoms with Gasteiger partial charge in [-0.2, -0.15) is 0 Å². The Labute approximate surface area is 230 Å². The lowest BCUT2D eigenvalue weighted by molar-refractivity contribution is 0.470. The Hall–Kier alpha value is -3.00. The molecule has 0 amide bonds. The smallest absolute Gasteiger partial charge is 0.0534 e. The number of aryl methyl sites for hydroxylation is 1. The number of aromatic nitrogens is 2. The highest BCUT2D eigenvalue weighted by Gasteiger charge is 2.41. The molecule has 2 aromatic carbocycles. The van der Waals surface area contributed by atoms with E-state index in [1.165, 1.54) is 52.1 Å². The van der Waals surface area contributed by atoms with Crippen molar-refractivity contribution in [3.05, 3.63) is 95.0 Å². The van der Waals surface area contributed by atoms with Gasteiger partial charge in [-0.1, -0.05) is 84.9 Å². The normalized spacial score (nSPS) is 21.0. The van der Waals surface area contributed by atoms with E-state index in [1.54, 1.807) is 11.1 Å². The summed E-state index contributed by atoms with van der Waals surface area (Å²) in [6.45, 7) is 20.9. The van der Waals surface area contributed by atoms with E-state index in [2.05, 4.69) is 131 Å². The van der Waals surface area contributed by atoms with E-state index in [4.69, 9.17) is 0 Å². The second-order valence-corrected chi connectivity index (χ2v) is 13.0. The Morgan fingerprint density at radius 3 is 2.13 bits per heavy atom. The van der Waals surface area contributed by atoms with Crippen molar-refractivity contribution in [1.29, 1.82) is 0 Å². The van der Waals surface area contributed by atoms with Crippen molar-refractivity contribution in [2.75, 3.05) is 0 Å². The van der Waals surface area contributed by atoms with Crippen molar-refractivity contribution in [2.45, 2.75) is 104 Å². The van der Waals surface area contributed by atoms with Crippen LogP contribution in [0.5, 0.6) is 0 Å². The maximum Gasteiger partial charge on any atom is 0.0534 e. The lowest BCUT2D eigenvalue weighted by Gasteiger charge is -2.24. The van der Waals surface area contributed by atoms with Crippen LogP contribution in [0.4, 0.5) is 0 Å². The third-order valence-corrected chi connectivity index (χ3v) is 8.90. The molecule has 200 valence electrons. The van der Waals surface area contributed by atoms with E-state index in [0.29, 0.717) is 11.8 Å². The minimum Gasteiger partial charge on any atom is -0.320 e. The molecule has 0 N–H and O–H groups in total. The Morgan fingerprint density at radius 1 is 0.842 bits per heavy atom. The van der Waals surface area contributed by atoms with Gasteiger partial charge < -0.3 is 9.13 Å². The van der Waals surface area contributed by atoms with Gasteiger partial charge in [-0.25, -0.2) is 0 Å². The van der Waals surface area contributed by atoms with Gasteiger partial charge in [-0.3, -0.25) is 0 Å². The fourth-order valence-corrected chi connectivity index (χ4v) is 7.81. The Bertz CT molecular complexity index is 1500. The quantitative estimate of drug-likeness (QED) is 0.245. The van der Waals surface area contributed by atoms with Crippen LogP contribution in [0.1, 0.15) is 115 Å². The highest BCUT2D eigenvalue weighted by Crippen LogP contribution is 2.51. The first kappa shape index (κ1) is 26.6. The molecule has 2 heterocycles. The number of benzene rings is 2. The number of fused-ring (bicyclic) bond motifs is 4. The maximum absolute atomic E-state index is 2.56. The zero-order valence-corrected chi connectivity index (χ0v) is 25.0. The van der Waals surface area contributed by atoms with E-state index in [0.717, 1.165) is 6.42 Å². The van der Waals surface area contributed by atoms with Crippen molar-refractivity contribution in [1.82, 2.24) is 9.13 Å². The fourth-order valence-electron chi connectivity index (χ4n) is 7.81. The van der Waals surface area contributed by atoms with Crippen LogP contribution in [-0.2, 0) is 10.8 Å². The number of hydrogen-bond acceptors (Lipinski definition) is 0. The first-order valence-corrected chi connectivity index (χ1v) is 14.6. The van der Waals surface area contributed by atoms with E-state index in [9.17, 15) is 0 Å². The summed E-state index contributed by atoms with van der Waals surface area (Å²) in [7, 11) is 0. The second kappa shape index (κ2) is 9.63. The number of hydrogen-bond donors (Lipinski definition) is 0. The van der Waals surface area contributed by atoms with Gasteiger partial charge in [0.2, 0.25) is 0 Å². The molecule has 2 aromatic heterocycles. The molecule has 2 nitrogen and oxygen atoms in total. The van der Waals surface area contributed by atoms with Crippen LogP contribution in [0.2, 0.25) is 0 Å². The topological polar surface area (TPSA) is 9.86 Å². The van der Waals surface area contributed by atoms with Crippen LogP contribution in [0.3, 0.4) is 0 Å². The van der Waals surface area contributed by atoms with Gasteiger partial charge in [-0.05, 0) is 85.9 Å². The third-order valence-electron chi connectivity index (χ3n) is 8.90. The van der Waals surface area contributed by atoms with Gasteiger partial charge in [0.1, 0.15) is 0 Å². The molecule has 4 aromatic rings. The number of nitrogens with zero attached hydrogens (tertiary/aromatic N) is 2. The predicted molar refractivity (Wildman–Crippen MR) is 165 cm³/mol. The third kappa shape index (κ3) is 4.17. The lowest BCUT2D eigenvalue weighted by atomic mass is 9.89. The van der Waals surface area contributed by atoms with Crippen molar-refractivity contribution < 1.29 is 0 Å². The van der Waals surface area contributed by atoms with E-state index < -0.39 is 0 Å². The summed E-state index contributed by atoms with van der Waals surface area (Å²) in [5.41, 5.74) is 11.8. The maximum atomic E-state index is 2.56. The monoisotopic (exact) mass is 506 g/mol. The van der Waals surface area contributed by atoms with Crippen LogP contribution in [0, 0.1) is 6.92 Å². The van der Waals surface area contributed by atoms with Crippen molar-refractivity contribution in [2.24, 2.45) is 0 Å². The van der Waals surface area contributed by atoms with E-state index in [1.807, 2.05) is 6.92 Å². The average molecular weight is 507 g/mol. The van der Waals surface area contributed by atoms with Gasteiger partial charge in [0.15, 0.2) is 0 Å². The summed E-state index contributed by atoms with van der Waals surface area (Å²) in [5.74, 6) is 1.21. The molecule has 0 aliphatic heterocycles. The van der Waals surface area contributed by atoms with Crippen LogP contribution >= 0.6 is 0 Å². The Morgan fingerprint density at radius 2 is 1.47 bits per heavy atom. The SMILES string of the molecule is C/C=C\CC.Cc1cn(-c2cccc(-n3c4c(c5ccccc53)C(C)CC4(C)C)c2)c2c1C(C)CC2(C)C. The lowest BCUT2D eigenvalue weighted by Crippen LogP contribution is -2.18. The molecule has 0 fully saturated rings. The van der Waals surface area contributed by atoms with E-state index >= 15 is 0 Å². The highest BCUT2D eigenvalue weighted by atomic mass is 15.0. The summed E-state index contributed by atoms with van der Waals surface area (Å²) in [6.07, 6.45) is 10.1. The molecule has 2 atom stereocenters. The molecule has 38 heavy (non-hydrogen) atoms. The fraction of sp³-hybridized carbons (Fsp3) is 0.444. The minimum atomic E-state index is 0.159. The van der Waals surface area contributed by atoms with Crippen molar-refractivity contribution in [3.8, 4) is 11.4 Å². The van der Waals surface area contributed by atoms with Gasteiger partial charge in [0.25, 0.3) is 0 Å². The molecule has 0 radical (unpaired) electrons. The molecule has 0 saturated heterocycles. The van der Waals surface area contributed by atoms with Gasteiger partial charge in [-0.15, -0.1) is 0 Å². The molecule has 2 aliphatic carbocycles.